The lowest BCUT2D eigenvalue weighted by molar-refractivity contribution is -0.239. The van der Waals surface area contributed by atoms with Crippen LogP contribution >= 0.6 is 0 Å². The summed E-state index contributed by atoms with van der Waals surface area (Å²) >= 11 is 0. The number of benzene rings is 1. The molecule has 188 valence electrons. The average Bonchev–Trinajstić information content (AvgIpc) is 2.76. The summed E-state index contributed by atoms with van der Waals surface area (Å²) in [7, 11) is 0. The van der Waals surface area contributed by atoms with Crippen molar-refractivity contribution in [3.8, 4) is 5.75 Å². The summed E-state index contributed by atoms with van der Waals surface area (Å²) in [6, 6.07) is 5.81. The Morgan fingerprint density at radius 1 is 0.818 bits per heavy atom. The first-order valence-corrected chi connectivity index (χ1v) is 13.0. The highest BCUT2D eigenvalue weighted by Crippen LogP contribution is 2.15. The van der Waals surface area contributed by atoms with E-state index in [0.29, 0.717) is 13.0 Å². The number of unbranched alkanes of at least 4 members (excludes halogenated alkanes) is 14. The van der Waals surface area contributed by atoms with Crippen molar-refractivity contribution in [2.45, 2.75) is 110 Å². The van der Waals surface area contributed by atoms with E-state index in [1.165, 1.54) is 107 Å². The van der Waals surface area contributed by atoms with Gasteiger partial charge in [-0.25, -0.2) is 9.86 Å². The number of hydrogen-bond acceptors (Lipinski definition) is 4. The van der Waals surface area contributed by atoms with Crippen LogP contribution in [0.25, 0.3) is 0 Å². The van der Waals surface area contributed by atoms with Gasteiger partial charge in [0.25, 0.3) is 0 Å². The molecule has 1 aromatic rings. The molecular weight excluding hydrogens is 418 g/mol. The number of carboxylic acids is 1. The van der Waals surface area contributed by atoms with Gasteiger partial charge in [0.05, 0.1) is 13.2 Å². The molecule has 2 rings (SSSR count). The highest BCUT2D eigenvalue weighted by Gasteiger charge is 2.20. The van der Waals surface area contributed by atoms with E-state index in [1.54, 1.807) is 12.1 Å². The molecule has 6 heteroatoms. The topological polar surface area (TPSA) is 87.1 Å². The molecule has 0 aromatic heterocycles. The molecule has 0 bridgehead atoms. The summed E-state index contributed by atoms with van der Waals surface area (Å²) in [4.78, 5) is 26.9. The number of aromatic hydroxyl groups is 1. The zero-order chi connectivity index (χ0) is 24.2. The molecule has 2 N–H and O–H groups in total. The first-order valence-electron chi connectivity index (χ1n) is 13.0. The number of carbonyl (C=O) groups is 2. The number of amides is 1. The van der Waals surface area contributed by atoms with Crippen molar-refractivity contribution >= 4 is 11.9 Å². The van der Waals surface area contributed by atoms with Gasteiger partial charge >= 0.3 is 5.97 Å². The maximum Gasteiger partial charge on any atom is 0.339 e. The Balaban J connectivity index is 0.000000451. The Hall–Kier alpha value is -2.08. The number of hydrogen-bond donors (Lipinski definition) is 2. The molecule has 0 saturated carbocycles. The molecule has 1 heterocycles. The molecule has 1 aromatic carbocycles. The Labute approximate surface area is 200 Å². The number of carboxylic acid groups (broad SMARTS) is 1. The second-order valence-corrected chi connectivity index (χ2v) is 8.85. The van der Waals surface area contributed by atoms with Crippen LogP contribution < -0.4 is 0 Å². The van der Waals surface area contributed by atoms with E-state index in [0.717, 1.165) is 13.0 Å². The zero-order valence-electron chi connectivity index (χ0n) is 20.6. The van der Waals surface area contributed by atoms with Crippen LogP contribution in [0.15, 0.2) is 24.3 Å². The second kappa shape index (κ2) is 19.4. The van der Waals surface area contributed by atoms with Crippen molar-refractivity contribution in [2.75, 3.05) is 13.2 Å². The van der Waals surface area contributed by atoms with Crippen LogP contribution in [-0.2, 0) is 9.63 Å². The third kappa shape index (κ3) is 14.6. The van der Waals surface area contributed by atoms with E-state index >= 15 is 0 Å². The minimum Gasteiger partial charge on any atom is -0.507 e. The molecule has 0 unspecified atom stereocenters. The maximum atomic E-state index is 11.6. The lowest BCUT2D eigenvalue weighted by Gasteiger charge is -2.29. The first-order chi connectivity index (χ1) is 16.1. The number of rotatable bonds is 17. The standard InChI is InChI=1S/C20H39NO2.C7H6O3/c1-2-3-4-5-6-7-8-9-10-11-12-13-14-15-16-17-20(22)21-18-19-23-21;8-6-4-2-1-3-5(6)7(9)10/h2-19H2,1H3;1-4,8H,(H,9,10). The fraction of sp³-hybridized carbons (Fsp3) is 0.704. The smallest absolute Gasteiger partial charge is 0.339 e. The number of phenols is 1. The van der Waals surface area contributed by atoms with E-state index in [4.69, 9.17) is 15.1 Å². The lowest BCUT2D eigenvalue weighted by atomic mass is 10.0. The van der Waals surface area contributed by atoms with Crippen LogP contribution in [0, 0.1) is 0 Å². The van der Waals surface area contributed by atoms with Gasteiger partial charge in [-0.05, 0) is 18.6 Å². The highest BCUT2D eigenvalue weighted by molar-refractivity contribution is 5.90. The third-order valence-corrected chi connectivity index (χ3v) is 5.95. The molecule has 1 amide bonds. The average molecular weight is 464 g/mol. The number of hydroxylamine groups is 2. The van der Waals surface area contributed by atoms with Crippen LogP contribution in [-0.4, -0.2) is 40.3 Å². The molecule has 0 spiro atoms. The first kappa shape index (κ1) is 29.0. The molecule has 0 atom stereocenters. The van der Waals surface area contributed by atoms with Crippen LogP contribution in [0.4, 0.5) is 0 Å². The van der Waals surface area contributed by atoms with Crippen molar-refractivity contribution in [2.24, 2.45) is 0 Å². The number of carbonyl (C=O) groups excluding carboxylic acids is 1. The molecule has 1 saturated heterocycles. The van der Waals surface area contributed by atoms with Crippen molar-refractivity contribution in [1.82, 2.24) is 5.06 Å². The molecule has 0 aliphatic carbocycles. The van der Waals surface area contributed by atoms with Gasteiger partial charge in [-0.2, -0.15) is 0 Å². The minimum atomic E-state index is -1.11. The maximum absolute atomic E-state index is 11.6. The largest absolute Gasteiger partial charge is 0.507 e. The fourth-order valence-corrected chi connectivity index (χ4v) is 3.81. The van der Waals surface area contributed by atoms with Gasteiger partial charge in [-0.1, -0.05) is 109 Å². The number of nitrogens with zero attached hydrogens (tertiary/aromatic N) is 1. The third-order valence-electron chi connectivity index (χ3n) is 5.95. The Bertz CT molecular complexity index is 645. The van der Waals surface area contributed by atoms with Gasteiger partial charge in [0, 0.05) is 6.42 Å². The van der Waals surface area contributed by atoms with E-state index in [9.17, 15) is 9.59 Å². The van der Waals surface area contributed by atoms with E-state index < -0.39 is 5.97 Å². The summed E-state index contributed by atoms with van der Waals surface area (Å²) < 4.78 is 0. The van der Waals surface area contributed by atoms with Gasteiger partial charge in [0.15, 0.2) is 0 Å². The molecule has 1 aliphatic rings. The molecule has 1 fully saturated rings. The predicted molar refractivity (Wildman–Crippen MR) is 132 cm³/mol. The lowest BCUT2D eigenvalue weighted by Crippen LogP contribution is -2.43. The molecule has 33 heavy (non-hydrogen) atoms. The number of aromatic carboxylic acids is 1. The Kier molecular flexibility index (Phi) is 17.0. The summed E-state index contributed by atoms with van der Waals surface area (Å²) in [6.07, 6.45) is 21.1. The zero-order valence-corrected chi connectivity index (χ0v) is 20.6. The second-order valence-electron chi connectivity index (χ2n) is 8.85. The van der Waals surface area contributed by atoms with Gasteiger partial charge in [-0.3, -0.25) is 9.63 Å². The summed E-state index contributed by atoms with van der Waals surface area (Å²) in [5.41, 5.74) is -0.0671. The minimum absolute atomic E-state index is 0.0671. The van der Waals surface area contributed by atoms with Crippen LogP contribution in [0.5, 0.6) is 5.75 Å². The monoisotopic (exact) mass is 463 g/mol. The van der Waals surface area contributed by atoms with Gasteiger partial charge in [-0.15, -0.1) is 0 Å². The Morgan fingerprint density at radius 3 is 1.64 bits per heavy atom. The van der Waals surface area contributed by atoms with Crippen molar-refractivity contribution in [3.63, 3.8) is 0 Å². The normalized spacial score (nSPS) is 12.6. The van der Waals surface area contributed by atoms with Gasteiger partial charge < -0.3 is 10.2 Å². The quantitative estimate of drug-likeness (QED) is 0.240. The van der Waals surface area contributed by atoms with E-state index in [-0.39, 0.29) is 17.2 Å². The van der Waals surface area contributed by atoms with Crippen molar-refractivity contribution in [1.29, 1.82) is 0 Å². The predicted octanol–water partition coefficient (Wildman–Crippen LogP) is 7.11. The van der Waals surface area contributed by atoms with E-state index in [1.807, 2.05) is 0 Å². The molecule has 6 nitrogen and oxygen atoms in total. The number of para-hydroxylation sites is 1. The van der Waals surface area contributed by atoms with Crippen molar-refractivity contribution < 1.29 is 24.6 Å². The van der Waals surface area contributed by atoms with Crippen molar-refractivity contribution in [3.05, 3.63) is 29.8 Å². The summed E-state index contributed by atoms with van der Waals surface area (Å²) in [5, 5.41) is 18.8. The molecule has 0 radical (unpaired) electrons. The van der Waals surface area contributed by atoms with Gasteiger partial charge in [0.1, 0.15) is 11.3 Å². The van der Waals surface area contributed by atoms with E-state index in [2.05, 4.69) is 6.92 Å². The molecule has 1 aliphatic heterocycles. The van der Waals surface area contributed by atoms with Crippen LogP contribution in [0.3, 0.4) is 0 Å². The van der Waals surface area contributed by atoms with Crippen LogP contribution in [0.2, 0.25) is 0 Å². The Morgan fingerprint density at radius 2 is 1.27 bits per heavy atom. The van der Waals surface area contributed by atoms with Gasteiger partial charge in [0.2, 0.25) is 5.91 Å². The molecular formula is C27H45NO5. The van der Waals surface area contributed by atoms with Crippen LogP contribution in [0.1, 0.15) is 120 Å². The summed E-state index contributed by atoms with van der Waals surface area (Å²) in [5.74, 6) is -1.14. The summed E-state index contributed by atoms with van der Waals surface area (Å²) in [6.45, 7) is 3.78. The highest BCUT2D eigenvalue weighted by atomic mass is 16.7. The fourth-order valence-electron chi connectivity index (χ4n) is 3.81. The SMILES string of the molecule is CCCCCCCCCCCCCCCCCC(=O)N1CCO1.O=C(O)c1ccccc1O.